The molecule has 164 valence electrons. The molecular formula is C22H18ClFN4O3S. The van der Waals surface area contributed by atoms with Gasteiger partial charge in [-0.3, -0.25) is 4.79 Å². The van der Waals surface area contributed by atoms with Crippen LogP contribution >= 0.6 is 22.9 Å². The van der Waals surface area contributed by atoms with Crippen LogP contribution in [-0.4, -0.2) is 41.0 Å². The van der Waals surface area contributed by atoms with Crippen molar-refractivity contribution in [3.8, 4) is 22.1 Å². The summed E-state index contributed by atoms with van der Waals surface area (Å²) in [6.45, 7) is 0.634. The summed E-state index contributed by atoms with van der Waals surface area (Å²) in [5.74, 6) is -0.162. The van der Waals surface area contributed by atoms with Gasteiger partial charge in [0.15, 0.2) is 11.6 Å². The molecule has 4 rings (SSSR count). The van der Waals surface area contributed by atoms with E-state index in [0.29, 0.717) is 34.6 Å². The van der Waals surface area contributed by atoms with Gasteiger partial charge in [0.05, 0.1) is 27.9 Å². The molecule has 0 saturated carbocycles. The van der Waals surface area contributed by atoms with E-state index >= 15 is 0 Å². The minimum absolute atomic E-state index is 0.0551. The van der Waals surface area contributed by atoms with E-state index in [0.717, 1.165) is 4.88 Å². The molecule has 10 heteroatoms. The molecule has 0 bridgehead atoms. The molecule has 2 aromatic carbocycles. The maximum Gasteiger partial charge on any atom is 0.295 e. The number of nitrogens with zero attached hydrogens (tertiary/aromatic N) is 3. The Labute approximate surface area is 192 Å². The first-order valence-electron chi connectivity index (χ1n) is 9.55. The number of anilines is 1. The SMILES string of the molecule is COCCOc1c(Cl)cccc1NC(=O)c1nc(-c2cccs2)n(-c2ccc(F)cc2)n1. The summed E-state index contributed by atoms with van der Waals surface area (Å²) in [6.07, 6.45) is 0. The van der Waals surface area contributed by atoms with E-state index in [1.165, 1.54) is 28.2 Å². The first kappa shape index (κ1) is 21.9. The number of carbonyl (C=O) groups is 1. The smallest absolute Gasteiger partial charge is 0.295 e. The minimum atomic E-state index is -0.539. The molecule has 4 aromatic rings. The average molecular weight is 473 g/mol. The number of amides is 1. The van der Waals surface area contributed by atoms with Gasteiger partial charge in [-0.05, 0) is 47.8 Å². The number of halogens is 2. The summed E-state index contributed by atoms with van der Waals surface area (Å²) in [5.41, 5.74) is 0.960. The number of benzene rings is 2. The minimum Gasteiger partial charge on any atom is -0.487 e. The number of ether oxygens (including phenoxy) is 2. The Morgan fingerprint density at radius 1 is 1.16 bits per heavy atom. The molecule has 2 aromatic heterocycles. The van der Waals surface area contributed by atoms with Crippen molar-refractivity contribution in [1.29, 1.82) is 0 Å². The molecular weight excluding hydrogens is 455 g/mol. The molecule has 0 radical (unpaired) electrons. The van der Waals surface area contributed by atoms with Crippen LogP contribution in [0, 0.1) is 5.82 Å². The highest BCUT2D eigenvalue weighted by molar-refractivity contribution is 7.13. The van der Waals surface area contributed by atoms with Crippen LogP contribution in [-0.2, 0) is 4.74 Å². The first-order valence-corrected chi connectivity index (χ1v) is 10.8. The molecule has 0 aliphatic carbocycles. The van der Waals surface area contributed by atoms with Gasteiger partial charge in [0, 0.05) is 7.11 Å². The third-order valence-corrected chi connectivity index (χ3v) is 5.54. The summed E-state index contributed by atoms with van der Waals surface area (Å²) in [6, 6.07) is 14.6. The summed E-state index contributed by atoms with van der Waals surface area (Å²) in [5, 5.41) is 9.38. The predicted octanol–water partition coefficient (Wildman–Crippen LogP) is 5.07. The molecule has 0 aliphatic rings. The molecule has 1 amide bonds. The summed E-state index contributed by atoms with van der Waals surface area (Å²) in [7, 11) is 1.56. The van der Waals surface area contributed by atoms with Crippen molar-refractivity contribution in [3.05, 3.63) is 76.6 Å². The molecule has 2 heterocycles. The molecule has 7 nitrogen and oxygen atoms in total. The van der Waals surface area contributed by atoms with Crippen molar-refractivity contribution in [2.75, 3.05) is 25.6 Å². The van der Waals surface area contributed by atoms with E-state index in [2.05, 4.69) is 15.4 Å². The van der Waals surface area contributed by atoms with Crippen molar-refractivity contribution < 1.29 is 18.7 Å². The van der Waals surface area contributed by atoms with Gasteiger partial charge < -0.3 is 14.8 Å². The van der Waals surface area contributed by atoms with Crippen molar-refractivity contribution in [3.63, 3.8) is 0 Å². The molecule has 0 unspecified atom stereocenters. The van der Waals surface area contributed by atoms with Crippen LogP contribution in [0.4, 0.5) is 10.1 Å². The van der Waals surface area contributed by atoms with Gasteiger partial charge in [-0.15, -0.1) is 16.4 Å². The third-order valence-electron chi connectivity index (χ3n) is 4.37. The van der Waals surface area contributed by atoms with Crippen molar-refractivity contribution >= 4 is 34.5 Å². The summed E-state index contributed by atoms with van der Waals surface area (Å²) < 4.78 is 25.6. The highest BCUT2D eigenvalue weighted by Gasteiger charge is 2.21. The fraction of sp³-hybridized carbons (Fsp3) is 0.136. The molecule has 1 N–H and O–H groups in total. The van der Waals surface area contributed by atoms with E-state index in [1.807, 2.05) is 17.5 Å². The van der Waals surface area contributed by atoms with E-state index in [-0.39, 0.29) is 18.2 Å². The van der Waals surface area contributed by atoms with Crippen LogP contribution in [0.1, 0.15) is 10.6 Å². The Hall–Kier alpha value is -3.27. The number of hydrogen-bond donors (Lipinski definition) is 1. The Kier molecular flexibility index (Phi) is 6.79. The summed E-state index contributed by atoms with van der Waals surface area (Å²) >= 11 is 7.70. The van der Waals surface area contributed by atoms with Crippen molar-refractivity contribution in [2.45, 2.75) is 0 Å². The van der Waals surface area contributed by atoms with Crippen LogP contribution in [0.3, 0.4) is 0 Å². The fourth-order valence-corrected chi connectivity index (χ4v) is 3.82. The molecule has 0 fully saturated rings. The zero-order valence-corrected chi connectivity index (χ0v) is 18.5. The number of carbonyl (C=O) groups excluding carboxylic acids is 1. The first-order chi connectivity index (χ1) is 15.6. The Balaban J connectivity index is 1.66. The van der Waals surface area contributed by atoms with Crippen LogP contribution in [0.2, 0.25) is 5.02 Å². The van der Waals surface area contributed by atoms with Gasteiger partial charge in [-0.1, -0.05) is 23.7 Å². The number of nitrogens with one attached hydrogen (secondary N) is 1. The fourth-order valence-electron chi connectivity index (χ4n) is 2.90. The van der Waals surface area contributed by atoms with Gasteiger partial charge in [-0.2, -0.15) is 0 Å². The second kappa shape index (κ2) is 9.90. The number of aromatic nitrogens is 3. The standard InChI is InChI=1S/C22H18ClFN4O3S/c1-30-11-12-31-19-16(23)4-2-5-17(19)25-22(29)20-26-21(18-6-3-13-32-18)28(27-20)15-9-7-14(24)8-10-15/h2-10,13H,11-12H2,1H3,(H,25,29). The molecule has 32 heavy (non-hydrogen) atoms. The Morgan fingerprint density at radius 2 is 1.97 bits per heavy atom. The highest BCUT2D eigenvalue weighted by atomic mass is 35.5. The van der Waals surface area contributed by atoms with E-state index in [9.17, 15) is 9.18 Å². The molecule has 0 saturated heterocycles. The number of para-hydroxylation sites is 1. The maximum atomic E-state index is 13.4. The van der Waals surface area contributed by atoms with Gasteiger partial charge in [0.25, 0.3) is 5.91 Å². The van der Waals surface area contributed by atoms with Crippen molar-refractivity contribution in [1.82, 2.24) is 14.8 Å². The van der Waals surface area contributed by atoms with Gasteiger partial charge in [0.2, 0.25) is 5.82 Å². The summed E-state index contributed by atoms with van der Waals surface area (Å²) in [4.78, 5) is 18.2. The van der Waals surface area contributed by atoms with E-state index < -0.39 is 5.91 Å². The zero-order valence-electron chi connectivity index (χ0n) is 16.9. The van der Waals surface area contributed by atoms with Crippen LogP contribution in [0.25, 0.3) is 16.4 Å². The lowest BCUT2D eigenvalue weighted by atomic mass is 10.3. The number of methoxy groups -OCH3 is 1. The monoisotopic (exact) mass is 472 g/mol. The average Bonchev–Trinajstić information content (AvgIpc) is 3.46. The normalized spacial score (nSPS) is 10.8. The third kappa shape index (κ3) is 4.80. The second-order valence-corrected chi connectivity index (χ2v) is 7.89. The predicted molar refractivity (Wildman–Crippen MR) is 121 cm³/mol. The number of hydrogen-bond acceptors (Lipinski definition) is 6. The Bertz CT molecular complexity index is 1210. The Morgan fingerprint density at radius 3 is 2.69 bits per heavy atom. The van der Waals surface area contributed by atoms with Gasteiger partial charge in [0.1, 0.15) is 12.4 Å². The zero-order chi connectivity index (χ0) is 22.5. The topological polar surface area (TPSA) is 78.3 Å². The quantitative estimate of drug-likeness (QED) is 0.362. The van der Waals surface area contributed by atoms with Gasteiger partial charge >= 0.3 is 0 Å². The lowest BCUT2D eigenvalue weighted by Crippen LogP contribution is -2.16. The molecule has 0 aliphatic heterocycles. The van der Waals surface area contributed by atoms with Gasteiger partial charge in [-0.25, -0.2) is 14.1 Å². The number of thiophene rings is 1. The second-order valence-electron chi connectivity index (χ2n) is 6.54. The molecule has 0 spiro atoms. The van der Waals surface area contributed by atoms with E-state index in [1.54, 1.807) is 37.4 Å². The number of rotatable bonds is 8. The lowest BCUT2D eigenvalue weighted by Gasteiger charge is -2.13. The maximum absolute atomic E-state index is 13.4. The molecule has 0 atom stereocenters. The van der Waals surface area contributed by atoms with Crippen molar-refractivity contribution in [2.24, 2.45) is 0 Å². The van der Waals surface area contributed by atoms with Crippen LogP contribution in [0.5, 0.6) is 5.75 Å². The lowest BCUT2D eigenvalue weighted by molar-refractivity contribution is 0.101. The van der Waals surface area contributed by atoms with Crippen LogP contribution < -0.4 is 10.1 Å². The van der Waals surface area contributed by atoms with E-state index in [4.69, 9.17) is 21.1 Å². The largest absolute Gasteiger partial charge is 0.487 e. The highest BCUT2D eigenvalue weighted by Crippen LogP contribution is 2.33. The van der Waals surface area contributed by atoms with Crippen LogP contribution in [0.15, 0.2) is 60.0 Å².